The van der Waals surface area contributed by atoms with Crippen molar-refractivity contribution in [3.8, 4) is 5.75 Å². The second-order valence-electron chi connectivity index (χ2n) is 4.76. The average molecular weight is 429 g/mol. The van der Waals surface area contributed by atoms with Crippen LogP contribution in [0.5, 0.6) is 5.75 Å². The van der Waals surface area contributed by atoms with Crippen LogP contribution >= 0.6 is 31.9 Å². The minimum atomic E-state index is -1.15. The van der Waals surface area contributed by atoms with Crippen LogP contribution in [0.15, 0.2) is 45.3 Å². The monoisotopic (exact) mass is 427 g/mol. The molecule has 0 atom stereocenters. The van der Waals surface area contributed by atoms with Crippen LogP contribution < -0.4 is 15.2 Å². The smallest absolute Gasteiger partial charge is 0.141 e. The van der Waals surface area contributed by atoms with E-state index in [0.717, 1.165) is 38.9 Å². The van der Waals surface area contributed by atoms with Crippen molar-refractivity contribution in [3.63, 3.8) is 0 Å². The number of carbonyl (C=O) groups is 1. The fourth-order valence-electron chi connectivity index (χ4n) is 2.17. The number of halogens is 2. The van der Waals surface area contributed by atoms with Gasteiger partial charge in [-0.15, -0.1) is 0 Å². The van der Waals surface area contributed by atoms with E-state index in [0.29, 0.717) is 0 Å². The molecule has 2 N–H and O–H groups in total. The number of hydrogen-bond acceptors (Lipinski definition) is 3. The van der Waals surface area contributed by atoms with Gasteiger partial charge in [0.1, 0.15) is 18.8 Å². The average Bonchev–Trinajstić information content (AvgIpc) is 2.47. The second kappa shape index (κ2) is 7.76. The number of aromatic carboxylic acids is 1. The zero-order chi connectivity index (χ0) is 16.1. The lowest BCUT2D eigenvalue weighted by atomic mass is 10.1. The Kier molecular flexibility index (Phi) is 5.99. The van der Waals surface area contributed by atoms with Gasteiger partial charge in [0.25, 0.3) is 0 Å². The molecule has 0 radical (unpaired) electrons. The van der Waals surface area contributed by atoms with Crippen molar-refractivity contribution in [1.82, 2.24) is 0 Å². The van der Waals surface area contributed by atoms with Crippen LogP contribution in [-0.2, 0) is 13.1 Å². The van der Waals surface area contributed by atoms with Gasteiger partial charge in [-0.1, -0.05) is 40.2 Å². The molecule has 22 heavy (non-hydrogen) atoms. The lowest BCUT2D eigenvalue weighted by Gasteiger charge is -2.11. The molecular formula is C16H15Br2NO3. The van der Waals surface area contributed by atoms with Gasteiger partial charge in [-0.25, -0.2) is 0 Å². The fraction of sp³-hybridized carbons (Fsp3) is 0.188. The van der Waals surface area contributed by atoms with Crippen LogP contribution in [0.25, 0.3) is 0 Å². The van der Waals surface area contributed by atoms with Crippen LogP contribution in [0, 0.1) is 0 Å². The molecule has 2 rings (SSSR count). The second-order valence-corrected chi connectivity index (χ2v) is 6.53. The SMILES string of the molecule is COc1c(Br)cc(Br)cc1C[NH2+]Cc1ccc(C(=O)[O-])cc1. The van der Waals surface area contributed by atoms with Crippen LogP contribution in [0.4, 0.5) is 0 Å². The minimum Gasteiger partial charge on any atom is -0.545 e. The van der Waals surface area contributed by atoms with E-state index in [1.165, 1.54) is 0 Å². The molecule has 0 amide bonds. The molecular weight excluding hydrogens is 414 g/mol. The maximum Gasteiger partial charge on any atom is 0.141 e. The van der Waals surface area contributed by atoms with Gasteiger partial charge < -0.3 is 20.0 Å². The Labute approximate surface area is 145 Å². The summed E-state index contributed by atoms with van der Waals surface area (Å²) in [5.41, 5.74) is 2.33. The minimum absolute atomic E-state index is 0.196. The van der Waals surface area contributed by atoms with Crippen LogP contribution in [0.3, 0.4) is 0 Å². The molecule has 0 aliphatic heterocycles. The summed E-state index contributed by atoms with van der Waals surface area (Å²) in [6.45, 7) is 1.50. The molecule has 0 aliphatic rings. The highest BCUT2D eigenvalue weighted by Crippen LogP contribution is 2.32. The van der Waals surface area contributed by atoms with Crippen molar-refractivity contribution < 1.29 is 20.0 Å². The van der Waals surface area contributed by atoms with Gasteiger partial charge in [-0.05, 0) is 33.6 Å². The molecule has 0 aliphatic carbocycles. The van der Waals surface area contributed by atoms with Crippen LogP contribution in [0.2, 0.25) is 0 Å². The molecule has 0 heterocycles. The summed E-state index contributed by atoms with van der Waals surface area (Å²) in [5, 5.41) is 12.8. The summed E-state index contributed by atoms with van der Waals surface area (Å²) in [7, 11) is 1.65. The summed E-state index contributed by atoms with van der Waals surface area (Å²) >= 11 is 6.96. The Morgan fingerprint density at radius 1 is 1.18 bits per heavy atom. The number of carbonyl (C=O) groups excluding carboxylic acids is 1. The van der Waals surface area contributed by atoms with Gasteiger partial charge in [-0.2, -0.15) is 0 Å². The molecule has 0 saturated heterocycles. The van der Waals surface area contributed by atoms with Crippen molar-refractivity contribution in [3.05, 3.63) is 62.0 Å². The van der Waals surface area contributed by atoms with E-state index in [-0.39, 0.29) is 5.56 Å². The van der Waals surface area contributed by atoms with E-state index >= 15 is 0 Å². The third-order valence-corrected chi connectivity index (χ3v) is 4.27. The van der Waals surface area contributed by atoms with Crippen molar-refractivity contribution in [2.24, 2.45) is 0 Å². The Morgan fingerprint density at radius 2 is 1.86 bits per heavy atom. The number of benzene rings is 2. The summed E-state index contributed by atoms with van der Waals surface area (Å²) in [4.78, 5) is 10.7. The number of rotatable bonds is 6. The lowest BCUT2D eigenvalue weighted by molar-refractivity contribution is -0.686. The van der Waals surface area contributed by atoms with Crippen LogP contribution in [-0.4, -0.2) is 13.1 Å². The van der Waals surface area contributed by atoms with E-state index in [9.17, 15) is 9.90 Å². The Hall–Kier alpha value is -1.37. The fourth-order valence-corrected chi connectivity index (χ4v) is 3.64. The Morgan fingerprint density at radius 3 is 2.45 bits per heavy atom. The van der Waals surface area contributed by atoms with Gasteiger partial charge in [-0.3, -0.25) is 0 Å². The molecule has 0 fully saturated rings. The molecule has 2 aromatic rings. The van der Waals surface area contributed by atoms with Crippen LogP contribution in [0.1, 0.15) is 21.5 Å². The quantitative estimate of drug-likeness (QED) is 0.763. The van der Waals surface area contributed by atoms with Gasteiger partial charge in [0.05, 0.1) is 23.1 Å². The highest BCUT2D eigenvalue weighted by Gasteiger charge is 2.10. The molecule has 0 saturated carbocycles. The lowest BCUT2D eigenvalue weighted by Crippen LogP contribution is -2.80. The first-order valence-electron chi connectivity index (χ1n) is 6.65. The number of hydrogen-bond donors (Lipinski definition) is 1. The van der Waals surface area contributed by atoms with Gasteiger partial charge in [0, 0.05) is 10.0 Å². The number of carboxylic acid groups (broad SMARTS) is 1. The van der Waals surface area contributed by atoms with Gasteiger partial charge in [0.15, 0.2) is 0 Å². The molecule has 116 valence electrons. The van der Waals surface area contributed by atoms with Crippen molar-refractivity contribution in [2.45, 2.75) is 13.1 Å². The predicted molar refractivity (Wildman–Crippen MR) is 88.5 cm³/mol. The maximum atomic E-state index is 10.7. The zero-order valence-electron chi connectivity index (χ0n) is 11.9. The van der Waals surface area contributed by atoms with E-state index in [1.54, 1.807) is 31.4 Å². The van der Waals surface area contributed by atoms with Gasteiger partial charge in [0.2, 0.25) is 0 Å². The van der Waals surface area contributed by atoms with Crippen molar-refractivity contribution in [2.75, 3.05) is 7.11 Å². The van der Waals surface area contributed by atoms with Crippen molar-refractivity contribution >= 4 is 37.8 Å². The molecule has 0 unspecified atom stereocenters. The summed E-state index contributed by atoms with van der Waals surface area (Å²) in [6.07, 6.45) is 0. The number of carboxylic acids is 1. The molecule has 0 bridgehead atoms. The predicted octanol–water partition coefficient (Wildman–Crippen LogP) is 1.85. The maximum absolute atomic E-state index is 10.7. The highest BCUT2D eigenvalue weighted by molar-refractivity contribution is 9.11. The summed E-state index contributed by atoms with van der Waals surface area (Å²) in [6, 6.07) is 10.7. The summed E-state index contributed by atoms with van der Waals surface area (Å²) < 4.78 is 7.31. The van der Waals surface area contributed by atoms with E-state index in [1.807, 2.05) is 12.1 Å². The number of quaternary nitrogens is 1. The Bertz CT molecular complexity index is 672. The zero-order valence-corrected chi connectivity index (χ0v) is 15.1. The van der Waals surface area contributed by atoms with E-state index < -0.39 is 5.97 Å². The first-order chi connectivity index (χ1) is 10.5. The topological polar surface area (TPSA) is 66.0 Å². The largest absolute Gasteiger partial charge is 0.545 e. The van der Waals surface area contributed by atoms with E-state index in [4.69, 9.17) is 4.74 Å². The number of methoxy groups -OCH3 is 1. The van der Waals surface area contributed by atoms with Gasteiger partial charge >= 0.3 is 0 Å². The molecule has 0 spiro atoms. The standard InChI is InChI=1S/C16H15Br2NO3/c1-22-15-12(6-13(17)7-14(15)18)9-19-8-10-2-4-11(5-3-10)16(20)21/h2-7,19H,8-9H2,1H3,(H,20,21). The van der Waals surface area contributed by atoms with E-state index in [2.05, 4.69) is 37.2 Å². The third kappa shape index (κ3) is 4.32. The third-order valence-electron chi connectivity index (χ3n) is 3.22. The normalized spacial score (nSPS) is 10.5. The summed E-state index contributed by atoms with van der Waals surface area (Å²) in [5.74, 6) is -0.328. The first kappa shape index (κ1) is 17.0. The molecule has 2 aromatic carbocycles. The number of nitrogens with two attached hydrogens (primary N) is 1. The number of ether oxygens (including phenoxy) is 1. The van der Waals surface area contributed by atoms with Crippen molar-refractivity contribution in [1.29, 1.82) is 0 Å². The molecule has 0 aromatic heterocycles. The molecule has 4 nitrogen and oxygen atoms in total. The highest BCUT2D eigenvalue weighted by atomic mass is 79.9. The molecule has 6 heteroatoms. The first-order valence-corrected chi connectivity index (χ1v) is 8.23. The Balaban J connectivity index is 2.00.